The summed E-state index contributed by atoms with van der Waals surface area (Å²) in [5.74, 6) is -0.975. The Morgan fingerprint density at radius 3 is 2.81 bits per heavy atom. The number of nitrogens with zero attached hydrogens (tertiary/aromatic N) is 1. The monoisotopic (exact) mass is 223 g/mol. The molecule has 0 N–H and O–H groups in total. The van der Waals surface area contributed by atoms with Gasteiger partial charge in [0, 0.05) is 19.4 Å². The van der Waals surface area contributed by atoms with E-state index in [0.717, 1.165) is 10.5 Å². The highest BCUT2D eigenvalue weighted by atomic mass is 19.1. The average molecular weight is 223 g/mol. The molecule has 2 amide bonds. The zero-order valence-electron chi connectivity index (χ0n) is 9.20. The van der Waals surface area contributed by atoms with Crippen molar-refractivity contribution in [1.82, 2.24) is 4.90 Å². The number of alkyl halides is 1. The normalized spacial score (nSPS) is 29.5. The summed E-state index contributed by atoms with van der Waals surface area (Å²) in [4.78, 5) is 24.3. The van der Waals surface area contributed by atoms with Crippen molar-refractivity contribution in [3.63, 3.8) is 0 Å². The van der Waals surface area contributed by atoms with Gasteiger partial charge in [0.05, 0.1) is 0 Å². The summed E-state index contributed by atoms with van der Waals surface area (Å²) in [6, 6.07) is 0. The van der Waals surface area contributed by atoms with E-state index < -0.39 is 11.6 Å². The van der Waals surface area contributed by atoms with E-state index in [1.54, 1.807) is 12.2 Å². The van der Waals surface area contributed by atoms with E-state index in [9.17, 15) is 14.0 Å². The van der Waals surface area contributed by atoms with Crippen LogP contribution in [0.15, 0.2) is 23.8 Å². The summed E-state index contributed by atoms with van der Waals surface area (Å²) >= 11 is 0. The molecular formula is C12H14FNO2. The summed E-state index contributed by atoms with van der Waals surface area (Å²) in [5.41, 5.74) is -1.09. The molecule has 3 nitrogen and oxygen atoms in total. The van der Waals surface area contributed by atoms with Crippen molar-refractivity contribution in [2.24, 2.45) is 0 Å². The van der Waals surface area contributed by atoms with Crippen molar-refractivity contribution in [2.75, 3.05) is 6.54 Å². The van der Waals surface area contributed by atoms with E-state index in [1.165, 1.54) is 6.08 Å². The van der Waals surface area contributed by atoms with Crippen LogP contribution in [-0.4, -0.2) is 28.9 Å². The van der Waals surface area contributed by atoms with Gasteiger partial charge in [-0.2, -0.15) is 0 Å². The van der Waals surface area contributed by atoms with Gasteiger partial charge in [0.15, 0.2) is 0 Å². The SMILES string of the molecule is CC1=CCC(F)(C(=O)N2CCCC2=O)C=C1. The molecule has 1 unspecified atom stereocenters. The molecule has 0 radical (unpaired) electrons. The van der Waals surface area contributed by atoms with Gasteiger partial charge < -0.3 is 0 Å². The Labute approximate surface area is 93.6 Å². The van der Waals surface area contributed by atoms with Crippen LogP contribution < -0.4 is 0 Å². The molecule has 4 heteroatoms. The average Bonchev–Trinajstić information content (AvgIpc) is 2.68. The van der Waals surface area contributed by atoms with Crippen LogP contribution >= 0.6 is 0 Å². The van der Waals surface area contributed by atoms with Gasteiger partial charge in [-0.25, -0.2) is 4.39 Å². The lowest BCUT2D eigenvalue weighted by molar-refractivity contribution is -0.148. The third-order valence-corrected chi connectivity index (χ3v) is 3.01. The Morgan fingerprint density at radius 2 is 2.31 bits per heavy atom. The molecule has 16 heavy (non-hydrogen) atoms. The van der Waals surface area contributed by atoms with Gasteiger partial charge in [-0.3, -0.25) is 14.5 Å². The van der Waals surface area contributed by atoms with Crippen molar-refractivity contribution in [3.05, 3.63) is 23.8 Å². The number of rotatable bonds is 1. The minimum Gasteiger partial charge on any atom is -0.280 e. The summed E-state index contributed by atoms with van der Waals surface area (Å²) in [5, 5.41) is 0. The second-order valence-corrected chi connectivity index (χ2v) is 4.30. The molecule has 1 atom stereocenters. The van der Waals surface area contributed by atoms with Gasteiger partial charge in [0.25, 0.3) is 5.91 Å². The number of imide groups is 1. The van der Waals surface area contributed by atoms with Crippen LogP contribution in [0.25, 0.3) is 0 Å². The number of hydrogen-bond donors (Lipinski definition) is 0. The predicted molar refractivity (Wildman–Crippen MR) is 57.3 cm³/mol. The van der Waals surface area contributed by atoms with Gasteiger partial charge in [-0.15, -0.1) is 0 Å². The quantitative estimate of drug-likeness (QED) is 0.635. The lowest BCUT2D eigenvalue weighted by Gasteiger charge is -2.26. The van der Waals surface area contributed by atoms with Crippen molar-refractivity contribution < 1.29 is 14.0 Å². The number of likely N-dealkylation sites (tertiary alicyclic amines) is 1. The number of amides is 2. The van der Waals surface area contributed by atoms with E-state index in [0.29, 0.717) is 19.4 Å². The van der Waals surface area contributed by atoms with Crippen molar-refractivity contribution in [2.45, 2.75) is 31.9 Å². The Morgan fingerprint density at radius 1 is 1.56 bits per heavy atom. The van der Waals surface area contributed by atoms with E-state index in [4.69, 9.17) is 0 Å². The van der Waals surface area contributed by atoms with Crippen molar-refractivity contribution in [3.8, 4) is 0 Å². The zero-order chi connectivity index (χ0) is 11.8. The van der Waals surface area contributed by atoms with E-state index >= 15 is 0 Å². The highest BCUT2D eigenvalue weighted by molar-refractivity contribution is 6.01. The second-order valence-electron chi connectivity index (χ2n) is 4.30. The molecule has 0 aromatic heterocycles. The number of carbonyl (C=O) groups is 2. The molecule has 1 saturated heterocycles. The number of hydrogen-bond acceptors (Lipinski definition) is 2. The lowest BCUT2D eigenvalue weighted by Crippen LogP contribution is -2.45. The van der Waals surface area contributed by atoms with Crippen LogP contribution in [0.2, 0.25) is 0 Å². The van der Waals surface area contributed by atoms with E-state index in [1.807, 2.05) is 6.92 Å². The Bertz CT molecular complexity index is 400. The van der Waals surface area contributed by atoms with Crippen LogP contribution in [0.5, 0.6) is 0 Å². The Hall–Kier alpha value is -1.45. The van der Waals surface area contributed by atoms with Gasteiger partial charge in [0.1, 0.15) is 0 Å². The van der Waals surface area contributed by atoms with Crippen LogP contribution in [0.4, 0.5) is 4.39 Å². The van der Waals surface area contributed by atoms with Gasteiger partial charge in [-0.1, -0.05) is 17.7 Å². The lowest BCUT2D eigenvalue weighted by atomic mass is 9.93. The van der Waals surface area contributed by atoms with Crippen LogP contribution in [0.1, 0.15) is 26.2 Å². The van der Waals surface area contributed by atoms with Gasteiger partial charge in [0.2, 0.25) is 11.6 Å². The van der Waals surface area contributed by atoms with Crippen LogP contribution in [-0.2, 0) is 9.59 Å². The number of carbonyl (C=O) groups excluding carboxylic acids is 2. The standard InChI is InChI=1S/C12H14FNO2/c1-9-4-6-12(13,7-5-9)11(16)14-8-2-3-10(14)15/h4-6H,2-3,7-8H2,1H3. The largest absolute Gasteiger partial charge is 0.280 e. The highest BCUT2D eigenvalue weighted by Crippen LogP contribution is 2.29. The first-order chi connectivity index (χ1) is 7.53. The summed E-state index contributed by atoms with van der Waals surface area (Å²) < 4.78 is 14.3. The maximum Gasteiger partial charge on any atom is 0.271 e. The molecule has 1 aliphatic carbocycles. The molecule has 2 aliphatic rings. The third-order valence-electron chi connectivity index (χ3n) is 3.01. The molecule has 0 saturated carbocycles. The second kappa shape index (κ2) is 3.85. The molecule has 86 valence electrons. The predicted octanol–water partition coefficient (Wildman–Crippen LogP) is 1.75. The molecule has 0 spiro atoms. The summed E-state index contributed by atoms with van der Waals surface area (Å²) in [6.45, 7) is 2.20. The van der Waals surface area contributed by atoms with Crippen molar-refractivity contribution in [1.29, 1.82) is 0 Å². The Balaban J connectivity index is 2.16. The smallest absolute Gasteiger partial charge is 0.271 e. The first-order valence-corrected chi connectivity index (χ1v) is 5.43. The van der Waals surface area contributed by atoms with Crippen LogP contribution in [0.3, 0.4) is 0 Å². The fourth-order valence-electron chi connectivity index (χ4n) is 1.95. The zero-order valence-corrected chi connectivity index (χ0v) is 9.20. The van der Waals surface area contributed by atoms with Crippen molar-refractivity contribution >= 4 is 11.8 Å². The Kier molecular flexibility index (Phi) is 2.66. The topological polar surface area (TPSA) is 37.4 Å². The van der Waals surface area contributed by atoms with Crippen LogP contribution in [0, 0.1) is 0 Å². The number of allylic oxidation sites excluding steroid dienone is 3. The molecule has 0 aromatic carbocycles. The van der Waals surface area contributed by atoms with E-state index in [2.05, 4.69) is 0 Å². The minimum absolute atomic E-state index is 0.0257. The third kappa shape index (κ3) is 1.79. The fraction of sp³-hybridized carbons (Fsp3) is 0.500. The maximum absolute atomic E-state index is 14.3. The molecule has 1 fully saturated rings. The first-order valence-electron chi connectivity index (χ1n) is 5.43. The van der Waals surface area contributed by atoms with Gasteiger partial charge in [-0.05, 0) is 19.4 Å². The number of halogens is 1. The molecule has 0 bridgehead atoms. The summed E-state index contributed by atoms with van der Waals surface area (Å²) in [6.07, 6.45) is 5.54. The molecule has 1 aliphatic heterocycles. The molecule has 0 aromatic rings. The maximum atomic E-state index is 14.3. The van der Waals surface area contributed by atoms with E-state index in [-0.39, 0.29) is 12.3 Å². The van der Waals surface area contributed by atoms with Gasteiger partial charge >= 0.3 is 0 Å². The molecule has 2 rings (SSSR count). The highest BCUT2D eigenvalue weighted by Gasteiger charge is 2.42. The fourth-order valence-corrected chi connectivity index (χ4v) is 1.95. The summed E-state index contributed by atoms with van der Waals surface area (Å²) in [7, 11) is 0. The first kappa shape index (κ1) is 11.0. The molecule has 1 heterocycles. The molecular weight excluding hydrogens is 209 g/mol. The minimum atomic E-state index is -2.03.